The highest BCUT2D eigenvalue weighted by Gasteiger charge is 2.33. The van der Waals surface area contributed by atoms with E-state index in [0.29, 0.717) is 0 Å². The molecule has 6 heteroatoms. The van der Waals surface area contributed by atoms with E-state index in [1.54, 1.807) is 22.6 Å². The molecule has 0 aromatic heterocycles. The highest BCUT2D eigenvalue weighted by Crippen LogP contribution is 2.33. The number of alkyl halides is 4. The lowest BCUT2D eigenvalue weighted by Crippen LogP contribution is -2.24. The Morgan fingerprint density at radius 3 is 2.22 bits per heavy atom. The highest BCUT2D eigenvalue weighted by molar-refractivity contribution is 14.1. The van der Waals surface area contributed by atoms with Crippen LogP contribution in [0, 0.1) is 0 Å². The third kappa shape index (κ3) is 3.70. The van der Waals surface area contributed by atoms with Gasteiger partial charge in [0.2, 0.25) is 0 Å². The summed E-state index contributed by atoms with van der Waals surface area (Å²) in [6.45, 7) is 1.09. The van der Waals surface area contributed by atoms with Crippen molar-refractivity contribution in [2.75, 3.05) is 0 Å². The minimum absolute atomic E-state index is 0.695. The minimum atomic E-state index is -1.68. The molecule has 0 bridgehead atoms. The standard InChI is InChI=1S/C3HCl3IO2/c4-2(7)3(5,6)9-1-8/h2H. The molecule has 1 atom stereocenters. The lowest BCUT2D eigenvalue weighted by atomic mass is 10.8. The van der Waals surface area contributed by atoms with E-state index in [1.807, 2.05) is 0 Å². The van der Waals surface area contributed by atoms with Crippen LogP contribution in [0.1, 0.15) is 0 Å². The summed E-state index contributed by atoms with van der Waals surface area (Å²) in [6.07, 6.45) is 0. The Hall–Kier alpha value is 1.07. The maximum absolute atomic E-state index is 9.55. The Labute approximate surface area is 80.9 Å². The minimum Gasteiger partial charge on any atom is -0.418 e. The normalized spacial score (nSPS) is 14.7. The number of carbonyl (C=O) groups excluding carboxylic acids is 1. The van der Waals surface area contributed by atoms with E-state index in [2.05, 4.69) is 4.74 Å². The van der Waals surface area contributed by atoms with Gasteiger partial charge in [0.25, 0.3) is 4.52 Å². The second-order valence-corrected chi connectivity index (χ2v) is 4.78. The number of ether oxygens (including phenoxy) is 1. The van der Waals surface area contributed by atoms with E-state index in [4.69, 9.17) is 34.8 Å². The van der Waals surface area contributed by atoms with Crippen molar-refractivity contribution >= 4 is 63.9 Å². The van der Waals surface area contributed by atoms with Crippen molar-refractivity contribution in [3.8, 4) is 0 Å². The molecular formula is C3HCl3IO2. The summed E-state index contributed by atoms with van der Waals surface area (Å²) in [5.74, 6) is 0. The van der Waals surface area contributed by atoms with Crippen molar-refractivity contribution in [2.24, 2.45) is 0 Å². The molecule has 0 saturated heterocycles. The monoisotopic (exact) mass is 301 g/mol. The molecule has 0 fully saturated rings. The zero-order valence-corrected chi connectivity index (χ0v) is 8.33. The molecule has 1 unspecified atom stereocenters. The van der Waals surface area contributed by atoms with E-state index >= 15 is 0 Å². The van der Waals surface area contributed by atoms with Gasteiger partial charge in [-0.25, -0.2) is 4.79 Å². The predicted octanol–water partition coefficient (Wildman–Crippen LogP) is 2.20. The molecule has 0 aromatic rings. The molecule has 0 aromatic carbocycles. The molecule has 0 spiro atoms. The Balaban J connectivity index is 3.84. The first-order valence-corrected chi connectivity index (χ1v) is 4.15. The van der Waals surface area contributed by atoms with Crippen molar-refractivity contribution in [1.29, 1.82) is 0 Å². The molecule has 0 rings (SSSR count). The van der Waals surface area contributed by atoms with E-state index in [0.717, 1.165) is 6.47 Å². The average Bonchev–Trinajstić information content (AvgIpc) is 1.65. The van der Waals surface area contributed by atoms with Crippen molar-refractivity contribution in [3.63, 3.8) is 0 Å². The Morgan fingerprint density at radius 1 is 1.67 bits per heavy atom. The average molecular weight is 302 g/mol. The fourth-order valence-electron chi connectivity index (χ4n) is 0.100. The van der Waals surface area contributed by atoms with E-state index < -0.39 is 7.90 Å². The van der Waals surface area contributed by atoms with Crippen LogP contribution in [0.15, 0.2) is 0 Å². The van der Waals surface area contributed by atoms with E-state index in [1.165, 1.54) is 0 Å². The van der Waals surface area contributed by atoms with Gasteiger partial charge in [0, 0.05) is 0 Å². The van der Waals surface area contributed by atoms with Gasteiger partial charge in [0.1, 0.15) is 0 Å². The molecule has 0 N–H and O–H groups in total. The molecule has 0 aliphatic heterocycles. The molecule has 1 radical (unpaired) electrons. The SMILES string of the molecule is O=[C]OC(Cl)(Cl)C(Cl)I. The van der Waals surface area contributed by atoms with Crippen LogP contribution in [0.5, 0.6) is 0 Å². The first kappa shape index (κ1) is 10.1. The topological polar surface area (TPSA) is 26.3 Å². The summed E-state index contributed by atoms with van der Waals surface area (Å²) in [4.78, 5) is 9.55. The third-order valence-corrected chi connectivity index (χ3v) is 3.17. The van der Waals surface area contributed by atoms with Crippen molar-refractivity contribution < 1.29 is 9.53 Å². The molecule has 2 nitrogen and oxygen atoms in total. The number of rotatable bonds is 3. The van der Waals surface area contributed by atoms with Crippen molar-refractivity contribution in [2.45, 2.75) is 7.90 Å². The van der Waals surface area contributed by atoms with Crippen LogP contribution in [0.2, 0.25) is 0 Å². The molecule has 0 amide bonds. The lowest BCUT2D eigenvalue weighted by Gasteiger charge is -2.16. The zero-order chi connectivity index (χ0) is 7.49. The van der Waals surface area contributed by atoms with Gasteiger partial charge in [-0.2, -0.15) is 0 Å². The molecular weight excluding hydrogens is 301 g/mol. The van der Waals surface area contributed by atoms with Crippen molar-refractivity contribution in [1.82, 2.24) is 0 Å². The van der Waals surface area contributed by atoms with Crippen LogP contribution in [-0.4, -0.2) is 14.4 Å². The highest BCUT2D eigenvalue weighted by atomic mass is 127. The second kappa shape index (κ2) is 4.05. The Morgan fingerprint density at radius 2 is 2.11 bits per heavy atom. The molecule has 0 heterocycles. The first-order valence-electron chi connectivity index (χ1n) is 1.72. The molecule has 53 valence electrons. The molecule has 0 aliphatic rings. The zero-order valence-electron chi connectivity index (χ0n) is 3.91. The second-order valence-electron chi connectivity index (χ2n) is 1.05. The predicted molar refractivity (Wildman–Crippen MR) is 44.9 cm³/mol. The maximum Gasteiger partial charge on any atom is 0.420 e. The van der Waals surface area contributed by atoms with E-state index in [-0.39, 0.29) is 0 Å². The number of halogens is 4. The van der Waals surface area contributed by atoms with Gasteiger partial charge in [-0.1, -0.05) is 45.8 Å². The maximum atomic E-state index is 9.55. The van der Waals surface area contributed by atoms with Gasteiger partial charge < -0.3 is 4.74 Å². The fourth-order valence-corrected chi connectivity index (χ4v) is 0.335. The Kier molecular flexibility index (Phi) is 4.54. The van der Waals surface area contributed by atoms with Gasteiger partial charge in [0.05, 0.1) is 0 Å². The number of hydrogen-bond acceptors (Lipinski definition) is 2. The first-order chi connectivity index (χ1) is 4.00. The third-order valence-electron chi connectivity index (χ3n) is 0.432. The van der Waals surface area contributed by atoms with Crippen molar-refractivity contribution in [3.05, 3.63) is 0 Å². The number of hydrogen-bond donors (Lipinski definition) is 0. The van der Waals surface area contributed by atoms with Crippen LogP contribution < -0.4 is 0 Å². The Bertz CT molecular complexity index is 105. The van der Waals surface area contributed by atoms with Gasteiger partial charge >= 0.3 is 6.47 Å². The van der Waals surface area contributed by atoms with Crippen LogP contribution in [0.25, 0.3) is 0 Å². The summed E-state index contributed by atoms with van der Waals surface area (Å²) in [7, 11) is 0. The quantitative estimate of drug-likeness (QED) is 0.590. The van der Waals surface area contributed by atoms with Crippen LogP contribution in [-0.2, 0) is 9.53 Å². The van der Waals surface area contributed by atoms with Gasteiger partial charge in [-0.3, -0.25) is 0 Å². The van der Waals surface area contributed by atoms with E-state index in [9.17, 15) is 4.79 Å². The molecule has 0 saturated carbocycles. The molecule has 9 heavy (non-hydrogen) atoms. The summed E-state index contributed by atoms with van der Waals surface area (Å²) < 4.78 is 1.71. The largest absolute Gasteiger partial charge is 0.420 e. The van der Waals surface area contributed by atoms with Crippen LogP contribution >= 0.6 is 57.4 Å². The summed E-state index contributed by atoms with van der Waals surface area (Å²) in [6, 6.07) is 0. The fraction of sp³-hybridized carbons (Fsp3) is 0.667. The van der Waals surface area contributed by atoms with Crippen LogP contribution in [0.4, 0.5) is 0 Å². The summed E-state index contributed by atoms with van der Waals surface area (Å²) in [5, 5.41) is 0. The van der Waals surface area contributed by atoms with Crippen LogP contribution in [0.3, 0.4) is 0 Å². The lowest BCUT2D eigenvalue weighted by molar-refractivity contribution is 0.228. The molecule has 0 aliphatic carbocycles. The van der Waals surface area contributed by atoms with Gasteiger partial charge in [0.15, 0.2) is 3.38 Å². The smallest absolute Gasteiger partial charge is 0.418 e. The van der Waals surface area contributed by atoms with Gasteiger partial charge in [-0.05, 0) is 0 Å². The van der Waals surface area contributed by atoms with Gasteiger partial charge in [-0.15, -0.1) is 11.6 Å². The summed E-state index contributed by atoms with van der Waals surface area (Å²) in [5.41, 5.74) is 0. The summed E-state index contributed by atoms with van der Waals surface area (Å²) >= 11 is 17.7.